The minimum atomic E-state index is -3.27. The Morgan fingerprint density at radius 1 is 1.48 bits per heavy atom. The Bertz CT molecular complexity index is 581. The van der Waals surface area contributed by atoms with Gasteiger partial charge in [0.15, 0.2) is 5.13 Å². The van der Waals surface area contributed by atoms with E-state index in [-0.39, 0.29) is 12.4 Å². The van der Waals surface area contributed by atoms with Crippen LogP contribution in [0, 0.1) is 0 Å². The molecular weight excluding hydrogens is 314 g/mol. The number of nitrogens with zero attached hydrogens (tertiary/aromatic N) is 1. The van der Waals surface area contributed by atoms with Crippen molar-refractivity contribution >= 4 is 32.5 Å². The zero-order valence-corrected chi connectivity index (χ0v) is 14.2. The summed E-state index contributed by atoms with van der Waals surface area (Å²) in [5.41, 5.74) is -0.00424. The Hall–Kier alpha value is -1.19. The second-order valence-corrected chi connectivity index (χ2v) is 7.84. The van der Waals surface area contributed by atoms with Crippen LogP contribution in [0.2, 0.25) is 0 Å². The number of thiazole rings is 1. The lowest BCUT2D eigenvalue weighted by atomic mass is 10.1. The van der Waals surface area contributed by atoms with Crippen molar-refractivity contribution in [3.05, 3.63) is 11.1 Å². The van der Waals surface area contributed by atoms with E-state index in [9.17, 15) is 13.2 Å². The summed E-state index contributed by atoms with van der Waals surface area (Å²) in [6.45, 7) is 6.02. The number of esters is 1. The average molecular weight is 335 g/mol. The molecule has 1 rings (SSSR count). The second-order valence-electron chi connectivity index (χ2n) is 5.24. The van der Waals surface area contributed by atoms with Gasteiger partial charge in [-0.3, -0.25) is 4.79 Å². The van der Waals surface area contributed by atoms with Crippen molar-refractivity contribution < 1.29 is 17.9 Å². The number of hydrogen-bond acceptors (Lipinski definition) is 7. The molecule has 120 valence electrons. The van der Waals surface area contributed by atoms with Crippen molar-refractivity contribution in [2.75, 3.05) is 24.7 Å². The number of rotatable bonds is 8. The van der Waals surface area contributed by atoms with E-state index in [0.717, 1.165) is 6.26 Å². The van der Waals surface area contributed by atoms with Crippen LogP contribution >= 0.6 is 11.3 Å². The first-order chi connectivity index (χ1) is 9.61. The van der Waals surface area contributed by atoms with E-state index in [4.69, 9.17) is 4.74 Å². The quantitative estimate of drug-likeness (QED) is 0.688. The van der Waals surface area contributed by atoms with E-state index in [1.54, 1.807) is 26.2 Å². The Balaban J connectivity index is 2.53. The maximum atomic E-state index is 11.3. The number of sulfonamides is 1. The third-order valence-electron chi connectivity index (χ3n) is 2.33. The highest BCUT2D eigenvalue weighted by molar-refractivity contribution is 7.88. The fraction of sp³-hybridized carbons (Fsp3) is 0.667. The van der Waals surface area contributed by atoms with Crippen molar-refractivity contribution in [2.45, 2.75) is 32.7 Å². The fourth-order valence-corrected chi connectivity index (χ4v) is 3.45. The van der Waals surface area contributed by atoms with Crippen molar-refractivity contribution in [3.8, 4) is 0 Å². The molecule has 0 aromatic carbocycles. The van der Waals surface area contributed by atoms with Crippen LogP contribution in [0.5, 0.6) is 0 Å². The summed E-state index contributed by atoms with van der Waals surface area (Å²) in [6, 6.07) is 0. The predicted molar refractivity (Wildman–Crippen MR) is 83.0 cm³/mol. The summed E-state index contributed by atoms with van der Waals surface area (Å²) in [7, 11) is -3.27. The molecule has 0 saturated heterocycles. The largest absolute Gasteiger partial charge is 0.466 e. The number of ether oxygens (including phenoxy) is 1. The maximum absolute atomic E-state index is 11.3. The average Bonchev–Trinajstić information content (AvgIpc) is 2.71. The van der Waals surface area contributed by atoms with E-state index in [2.05, 4.69) is 15.0 Å². The molecule has 1 aromatic rings. The van der Waals surface area contributed by atoms with Gasteiger partial charge in [-0.25, -0.2) is 18.1 Å². The summed E-state index contributed by atoms with van der Waals surface area (Å²) in [5.74, 6) is -0.312. The molecule has 0 atom stereocenters. The fourth-order valence-electron chi connectivity index (χ4n) is 1.66. The van der Waals surface area contributed by atoms with Gasteiger partial charge in [-0.15, -0.1) is 11.3 Å². The molecule has 0 saturated carbocycles. The van der Waals surface area contributed by atoms with Crippen LogP contribution in [0.4, 0.5) is 5.13 Å². The third-order valence-corrected chi connectivity index (χ3v) is 4.10. The summed E-state index contributed by atoms with van der Waals surface area (Å²) in [4.78, 5) is 15.6. The number of nitrogens with one attached hydrogen (secondary N) is 2. The normalized spacial score (nSPS) is 12.2. The predicted octanol–water partition coefficient (Wildman–Crippen LogP) is 0.988. The number of hydrogen-bond donors (Lipinski definition) is 2. The van der Waals surface area contributed by atoms with Gasteiger partial charge in [-0.05, 0) is 20.8 Å². The molecule has 0 amide bonds. The lowest BCUT2D eigenvalue weighted by Gasteiger charge is -2.25. The van der Waals surface area contributed by atoms with Crippen LogP contribution < -0.4 is 10.0 Å². The van der Waals surface area contributed by atoms with E-state index in [0.29, 0.717) is 24.0 Å². The lowest BCUT2D eigenvalue weighted by molar-refractivity contribution is -0.142. The number of aromatic nitrogens is 1. The molecule has 0 unspecified atom stereocenters. The molecule has 0 fully saturated rings. The minimum Gasteiger partial charge on any atom is -0.466 e. The molecule has 0 spiro atoms. The molecule has 0 aliphatic heterocycles. The van der Waals surface area contributed by atoms with Gasteiger partial charge in [0.25, 0.3) is 0 Å². The van der Waals surface area contributed by atoms with Gasteiger partial charge >= 0.3 is 5.97 Å². The SMILES string of the molecule is CCOC(=O)Cc1csc(NCC(C)(C)NS(C)(=O)=O)n1. The molecule has 2 N–H and O–H groups in total. The molecule has 0 radical (unpaired) electrons. The zero-order chi connectivity index (χ0) is 16.1. The van der Waals surface area contributed by atoms with E-state index >= 15 is 0 Å². The second kappa shape index (κ2) is 7.19. The summed E-state index contributed by atoms with van der Waals surface area (Å²) in [6.07, 6.45) is 1.26. The Labute approximate surface area is 129 Å². The topological polar surface area (TPSA) is 97.4 Å². The van der Waals surface area contributed by atoms with Crippen LogP contribution in [0.3, 0.4) is 0 Å². The number of carbonyl (C=O) groups excluding carboxylic acids is 1. The van der Waals surface area contributed by atoms with Crippen LogP contribution in [-0.4, -0.2) is 44.3 Å². The first-order valence-corrected chi connectivity index (χ1v) is 9.21. The van der Waals surface area contributed by atoms with Crippen molar-refractivity contribution in [3.63, 3.8) is 0 Å². The summed E-state index contributed by atoms with van der Waals surface area (Å²) >= 11 is 1.36. The van der Waals surface area contributed by atoms with Gasteiger partial charge in [-0.2, -0.15) is 0 Å². The molecule has 21 heavy (non-hydrogen) atoms. The van der Waals surface area contributed by atoms with Crippen molar-refractivity contribution in [1.82, 2.24) is 9.71 Å². The van der Waals surface area contributed by atoms with Crippen LogP contribution in [0.1, 0.15) is 26.5 Å². The van der Waals surface area contributed by atoms with Gasteiger partial charge in [0, 0.05) is 17.5 Å². The highest BCUT2D eigenvalue weighted by Gasteiger charge is 2.22. The van der Waals surface area contributed by atoms with Crippen LogP contribution in [0.25, 0.3) is 0 Å². The number of carbonyl (C=O) groups is 1. The smallest absolute Gasteiger partial charge is 0.311 e. The molecule has 1 aromatic heterocycles. The van der Waals surface area contributed by atoms with Crippen LogP contribution in [0.15, 0.2) is 5.38 Å². The highest BCUT2D eigenvalue weighted by atomic mass is 32.2. The van der Waals surface area contributed by atoms with E-state index in [1.165, 1.54) is 11.3 Å². The minimum absolute atomic E-state index is 0.136. The Morgan fingerprint density at radius 2 is 2.14 bits per heavy atom. The molecule has 0 aliphatic carbocycles. The summed E-state index contributed by atoms with van der Waals surface area (Å²) < 4.78 is 29.9. The Morgan fingerprint density at radius 3 is 2.71 bits per heavy atom. The zero-order valence-electron chi connectivity index (χ0n) is 12.6. The Kier molecular flexibility index (Phi) is 6.11. The molecule has 0 bridgehead atoms. The summed E-state index contributed by atoms with van der Waals surface area (Å²) in [5, 5.41) is 5.47. The molecule has 0 aliphatic rings. The van der Waals surface area contributed by atoms with E-state index < -0.39 is 15.6 Å². The molecule has 9 heteroatoms. The monoisotopic (exact) mass is 335 g/mol. The maximum Gasteiger partial charge on any atom is 0.311 e. The first kappa shape index (κ1) is 17.9. The highest BCUT2D eigenvalue weighted by Crippen LogP contribution is 2.17. The molecular formula is C12H21N3O4S2. The van der Waals surface area contributed by atoms with Crippen LogP contribution in [-0.2, 0) is 26.0 Å². The number of anilines is 1. The third kappa shape index (κ3) is 7.39. The molecule has 1 heterocycles. The first-order valence-electron chi connectivity index (χ1n) is 6.44. The van der Waals surface area contributed by atoms with E-state index in [1.807, 2.05) is 0 Å². The van der Waals surface area contributed by atoms with Crippen molar-refractivity contribution in [1.29, 1.82) is 0 Å². The lowest BCUT2D eigenvalue weighted by Crippen LogP contribution is -2.47. The van der Waals surface area contributed by atoms with Gasteiger partial charge in [0.05, 0.1) is 25.0 Å². The van der Waals surface area contributed by atoms with Gasteiger partial charge in [0.1, 0.15) is 0 Å². The van der Waals surface area contributed by atoms with Gasteiger partial charge < -0.3 is 10.1 Å². The molecule has 7 nitrogen and oxygen atoms in total. The van der Waals surface area contributed by atoms with Crippen molar-refractivity contribution in [2.24, 2.45) is 0 Å². The van der Waals surface area contributed by atoms with Gasteiger partial charge in [-0.1, -0.05) is 0 Å². The van der Waals surface area contributed by atoms with Gasteiger partial charge in [0.2, 0.25) is 10.0 Å². The standard InChI is InChI=1S/C12H21N3O4S2/c1-5-19-10(16)6-9-7-20-11(14-9)13-8-12(2,3)15-21(4,17)18/h7,15H,5-6,8H2,1-4H3,(H,13,14).